The maximum Gasteiger partial charge on any atom is 0.269 e. The molecule has 0 saturated carbocycles. The number of rotatable bonds is 8. The van der Waals surface area contributed by atoms with Crippen LogP contribution in [0.2, 0.25) is 0 Å². The zero-order valence-electron chi connectivity index (χ0n) is 16.9. The lowest BCUT2D eigenvalue weighted by atomic mass is 9.92. The van der Waals surface area contributed by atoms with Gasteiger partial charge in [0.2, 0.25) is 0 Å². The Morgan fingerprint density at radius 3 is 2.52 bits per heavy atom. The molecule has 0 spiro atoms. The fraction of sp³-hybridized carbons (Fsp3) is 0.318. The summed E-state index contributed by atoms with van der Waals surface area (Å²) in [7, 11) is -3.99. The zero-order chi connectivity index (χ0) is 21.6. The molecule has 0 unspecified atom stereocenters. The maximum atomic E-state index is 12.8. The summed E-state index contributed by atoms with van der Waals surface area (Å²) in [6, 6.07) is 8.55. The van der Waals surface area contributed by atoms with Crippen molar-refractivity contribution in [2.45, 2.75) is 46.5 Å². The van der Waals surface area contributed by atoms with Crippen LogP contribution in [0.15, 0.2) is 41.8 Å². The lowest BCUT2D eigenvalue weighted by Gasteiger charge is -2.17. The van der Waals surface area contributed by atoms with Crippen molar-refractivity contribution in [2.24, 2.45) is 0 Å². The van der Waals surface area contributed by atoms with Gasteiger partial charge in [0, 0.05) is 5.41 Å². The van der Waals surface area contributed by atoms with Crippen LogP contribution >= 0.6 is 0 Å². The number of benzene rings is 2. The highest BCUT2D eigenvalue weighted by atomic mass is 32.2. The van der Waals surface area contributed by atoms with Crippen LogP contribution in [0.3, 0.4) is 0 Å². The van der Waals surface area contributed by atoms with Crippen molar-refractivity contribution in [1.82, 2.24) is 4.72 Å². The second kappa shape index (κ2) is 9.60. The van der Waals surface area contributed by atoms with Crippen LogP contribution in [0, 0.1) is 6.92 Å². The molecule has 2 rings (SSSR count). The first-order valence-corrected chi connectivity index (χ1v) is 11.1. The number of allylic oxidation sites excluding steroid dienone is 1. The number of carbonyl (C=O) groups excluding carboxylic acids is 1. The van der Waals surface area contributed by atoms with Crippen LogP contribution in [0.25, 0.3) is 11.1 Å². The molecule has 0 aliphatic rings. The Labute approximate surface area is 172 Å². The lowest BCUT2D eigenvalue weighted by Crippen LogP contribution is -2.29. The normalized spacial score (nSPS) is 11.7. The van der Waals surface area contributed by atoms with Gasteiger partial charge in [-0.2, -0.15) is 0 Å². The molecular formula is C22H27NO5S. The van der Waals surface area contributed by atoms with Gasteiger partial charge in [-0.25, -0.2) is 13.1 Å². The smallest absolute Gasteiger partial charge is 0.269 e. The number of amides is 1. The number of nitrogens with one attached hydrogen (secondary N) is 1. The van der Waals surface area contributed by atoms with Crippen molar-refractivity contribution in [3.8, 4) is 22.6 Å². The Morgan fingerprint density at radius 2 is 1.90 bits per heavy atom. The Hall–Kier alpha value is -2.80. The van der Waals surface area contributed by atoms with E-state index in [0.29, 0.717) is 17.5 Å². The van der Waals surface area contributed by atoms with E-state index in [1.807, 2.05) is 24.6 Å². The Balaban J connectivity index is 2.63. The fourth-order valence-corrected chi connectivity index (χ4v) is 3.99. The van der Waals surface area contributed by atoms with Crippen LogP contribution in [-0.2, 0) is 16.4 Å². The maximum absolute atomic E-state index is 12.8. The van der Waals surface area contributed by atoms with Gasteiger partial charge in [0.25, 0.3) is 15.9 Å². The minimum atomic E-state index is -3.99. The van der Waals surface area contributed by atoms with Crippen LogP contribution in [0.4, 0.5) is 0 Å². The summed E-state index contributed by atoms with van der Waals surface area (Å²) >= 11 is 0. The molecule has 1 amide bonds. The molecule has 0 fully saturated rings. The summed E-state index contributed by atoms with van der Waals surface area (Å²) in [6.07, 6.45) is 4.32. The summed E-state index contributed by atoms with van der Waals surface area (Å²) < 4.78 is 26.0. The molecule has 0 atom stereocenters. The third kappa shape index (κ3) is 5.60. The van der Waals surface area contributed by atoms with Crippen molar-refractivity contribution in [3.63, 3.8) is 0 Å². The summed E-state index contributed by atoms with van der Waals surface area (Å²) in [5.74, 6) is -1.52. The average molecular weight is 418 g/mol. The molecule has 0 aliphatic carbocycles. The van der Waals surface area contributed by atoms with E-state index in [2.05, 4.69) is 0 Å². The van der Waals surface area contributed by atoms with Crippen molar-refractivity contribution in [2.75, 3.05) is 0 Å². The predicted octanol–water partition coefficient (Wildman–Crippen LogP) is 4.40. The van der Waals surface area contributed by atoms with Crippen molar-refractivity contribution in [1.29, 1.82) is 0 Å². The molecule has 0 saturated heterocycles. The van der Waals surface area contributed by atoms with E-state index < -0.39 is 21.7 Å². The number of sulfonamides is 1. The molecule has 0 radical (unpaired) electrons. The summed E-state index contributed by atoms with van der Waals surface area (Å²) in [5.41, 5.74) is 1.81. The van der Waals surface area contributed by atoms with Crippen LogP contribution < -0.4 is 4.72 Å². The van der Waals surface area contributed by atoms with Crippen LogP contribution in [0.5, 0.6) is 11.5 Å². The second-order valence-electron chi connectivity index (χ2n) is 6.93. The number of carbonyl (C=O) groups is 1. The van der Waals surface area contributed by atoms with Gasteiger partial charge < -0.3 is 10.2 Å². The van der Waals surface area contributed by atoms with Gasteiger partial charge in [-0.15, -0.1) is 0 Å². The largest absolute Gasteiger partial charge is 0.507 e. The van der Waals surface area contributed by atoms with E-state index >= 15 is 0 Å². The molecule has 2 aromatic carbocycles. The van der Waals surface area contributed by atoms with Crippen LogP contribution in [0.1, 0.15) is 54.6 Å². The first-order valence-electron chi connectivity index (χ1n) is 9.54. The minimum Gasteiger partial charge on any atom is -0.507 e. The number of unbranched alkanes of at least 4 members (excludes halogenated alkanes) is 2. The summed E-state index contributed by atoms with van der Waals surface area (Å²) in [4.78, 5) is 12.8. The third-order valence-corrected chi connectivity index (χ3v) is 5.60. The van der Waals surface area contributed by atoms with E-state index in [-0.39, 0.29) is 16.9 Å². The zero-order valence-corrected chi connectivity index (χ0v) is 17.7. The first kappa shape index (κ1) is 22.5. The lowest BCUT2D eigenvalue weighted by molar-refractivity contribution is 0.0978. The summed E-state index contributed by atoms with van der Waals surface area (Å²) in [6.45, 7) is 5.43. The van der Waals surface area contributed by atoms with E-state index in [9.17, 15) is 23.4 Å². The number of phenolic OH excluding ortho intramolecular Hbond substituents is 2. The van der Waals surface area contributed by atoms with E-state index in [1.165, 1.54) is 19.1 Å². The number of phenols is 2. The highest BCUT2D eigenvalue weighted by molar-refractivity contribution is 7.92. The van der Waals surface area contributed by atoms with Crippen LogP contribution in [-0.4, -0.2) is 24.5 Å². The number of aryl methyl sites for hydroxylation is 2. The molecule has 2 aromatic rings. The van der Waals surface area contributed by atoms with Gasteiger partial charge >= 0.3 is 0 Å². The monoisotopic (exact) mass is 417 g/mol. The fourth-order valence-electron chi connectivity index (χ4n) is 3.20. The topological polar surface area (TPSA) is 104 Å². The summed E-state index contributed by atoms with van der Waals surface area (Å²) in [5, 5.41) is 22.4. The highest BCUT2D eigenvalue weighted by Crippen LogP contribution is 2.42. The second-order valence-corrected chi connectivity index (χ2v) is 8.49. The number of aromatic hydroxyl groups is 2. The first-order chi connectivity index (χ1) is 13.7. The molecule has 0 aromatic heterocycles. The quantitative estimate of drug-likeness (QED) is 0.552. The molecule has 3 N–H and O–H groups in total. The number of hydrogen-bond acceptors (Lipinski definition) is 5. The Kier molecular flexibility index (Phi) is 7.45. The molecule has 29 heavy (non-hydrogen) atoms. The van der Waals surface area contributed by atoms with Gasteiger partial charge in [-0.1, -0.05) is 55.7 Å². The number of hydrogen-bond donors (Lipinski definition) is 3. The molecule has 0 bridgehead atoms. The molecule has 156 valence electrons. The van der Waals surface area contributed by atoms with Gasteiger partial charge in [0.1, 0.15) is 11.5 Å². The van der Waals surface area contributed by atoms with Crippen molar-refractivity contribution >= 4 is 15.9 Å². The van der Waals surface area contributed by atoms with E-state index in [0.717, 1.165) is 30.2 Å². The molecule has 6 nitrogen and oxygen atoms in total. The van der Waals surface area contributed by atoms with Crippen molar-refractivity contribution in [3.05, 3.63) is 58.5 Å². The minimum absolute atomic E-state index is 0.0986. The Morgan fingerprint density at radius 1 is 1.17 bits per heavy atom. The van der Waals surface area contributed by atoms with Gasteiger partial charge in [-0.05, 0) is 43.9 Å². The average Bonchev–Trinajstić information content (AvgIpc) is 2.61. The Bertz CT molecular complexity index is 1030. The van der Waals surface area contributed by atoms with E-state index in [1.54, 1.807) is 18.2 Å². The molecule has 0 heterocycles. The van der Waals surface area contributed by atoms with E-state index in [4.69, 9.17) is 0 Å². The predicted molar refractivity (Wildman–Crippen MR) is 114 cm³/mol. The van der Waals surface area contributed by atoms with Crippen molar-refractivity contribution < 1.29 is 23.4 Å². The molecular weight excluding hydrogens is 390 g/mol. The highest BCUT2D eigenvalue weighted by Gasteiger charge is 2.25. The molecule has 7 heteroatoms. The van der Waals surface area contributed by atoms with Gasteiger partial charge in [0.05, 0.1) is 11.1 Å². The van der Waals surface area contributed by atoms with Gasteiger partial charge in [0.15, 0.2) is 0 Å². The third-order valence-electron chi connectivity index (χ3n) is 4.50. The SMILES string of the molecule is CC=CS(=O)(=O)NC(=O)c1c(CCCCC)cc(O)c(-c2cccc(C)c2)c1O. The standard InChI is InChI=1S/C22H27NO5S/c1-4-6-7-10-17-14-18(24)19(16-11-8-9-15(3)13-16)21(25)20(17)22(26)23-29(27,28)12-5-2/h5,8-9,11-14,24-25H,4,6-7,10H2,1-3H3,(H,23,26). The molecule has 0 aliphatic heterocycles. The van der Waals surface area contributed by atoms with Gasteiger partial charge in [-0.3, -0.25) is 4.79 Å².